The number of cyclic esters (lactones) is 2. The van der Waals surface area contributed by atoms with Crippen LogP contribution in [0, 0.1) is 0 Å². The minimum Gasteiger partial charge on any atom is -0.436 e. The zero-order valence-corrected chi connectivity index (χ0v) is 10.8. The molecule has 0 aromatic carbocycles. The predicted molar refractivity (Wildman–Crippen MR) is 61.5 cm³/mol. The summed E-state index contributed by atoms with van der Waals surface area (Å²) in [6.07, 6.45) is 1.92. The Hall–Kier alpha value is -1.14. The second-order valence-electron chi connectivity index (χ2n) is 3.83. The van der Waals surface area contributed by atoms with Crippen LogP contribution < -0.4 is 0 Å². The number of hydrogen-bond donors (Lipinski definition) is 0. The lowest BCUT2D eigenvalue weighted by atomic mass is 10.3. The van der Waals surface area contributed by atoms with Crippen molar-refractivity contribution in [3.8, 4) is 0 Å². The fourth-order valence-corrected chi connectivity index (χ4v) is 1.61. The standard InChI is InChI=1S/2C6H10O3/c2*1-2-8-6-4-3-5(7)9-6/h2*6H,2-4H2,1H3. The van der Waals surface area contributed by atoms with Gasteiger partial charge in [-0.15, -0.1) is 0 Å². The average Bonchev–Trinajstić information content (AvgIpc) is 2.90. The second-order valence-corrected chi connectivity index (χ2v) is 3.83. The quantitative estimate of drug-likeness (QED) is 0.711. The molecular formula is C12H20O6. The summed E-state index contributed by atoms with van der Waals surface area (Å²) in [5, 5.41) is 0. The fourth-order valence-electron chi connectivity index (χ4n) is 1.61. The summed E-state index contributed by atoms with van der Waals surface area (Å²) in [6, 6.07) is 0. The third-order valence-electron chi connectivity index (χ3n) is 2.40. The highest BCUT2D eigenvalue weighted by molar-refractivity contribution is 5.71. The third-order valence-corrected chi connectivity index (χ3v) is 2.40. The first kappa shape index (κ1) is 14.9. The van der Waals surface area contributed by atoms with Crippen molar-refractivity contribution in [2.75, 3.05) is 13.2 Å². The zero-order valence-electron chi connectivity index (χ0n) is 10.8. The summed E-state index contributed by atoms with van der Waals surface area (Å²) in [7, 11) is 0. The van der Waals surface area contributed by atoms with E-state index < -0.39 is 0 Å². The molecule has 0 aromatic rings. The van der Waals surface area contributed by atoms with E-state index in [2.05, 4.69) is 0 Å². The molecule has 2 atom stereocenters. The van der Waals surface area contributed by atoms with Crippen LogP contribution in [0.5, 0.6) is 0 Å². The first-order chi connectivity index (χ1) is 8.65. The summed E-state index contributed by atoms with van der Waals surface area (Å²) in [4.78, 5) is 20.9. The van der Waals surface area contributed by atoms with Gasteiger partial charge in [-0.25, -0.2) is 0 Å². The van der Waals surface area contributed by atoms with Crippen molar-refractivity contribution < 1.29 is 28.5 Å². The molecule has 2 aliphatic rings. The molecule has 0 bridgehead atoms. The molecule has 18 heavy (non-hydrogen) atoms. The summed E-state index contributed by atoms with van der Waals surface area (Å²) in [6.45, 7) is 4.98. The van der Waals surface area contributed by atoms with E-state index in [0.29, 0.717) is 38.9 Å². The third kappa shape index (κ3) is 5.46. The highest BCUT2D eigenvalue weighted by Gasteiger charge is 2.23. The van der Waals surface area contributed by atoms with Gasteiger partial charge in [0.2, 0.25) is 12.6 Å². The van der Waals surface area contributed by atoms with E-state index in [9.17, 15) is 9.59 Å². The summed E-state index contributed by atoms with van der Waals surface area (Å²) in [5.74, 6) is -0.290. The van der Waals surface area contributed by atoms with Crippen molar-refractivity contribution in [2.24, 2.45) is 0 Å². The molecule has 6 heteroatoms. The normalized spacial score (nSPS) is 26.3. The number of rotatable bonds is 4. The Labute approximate surface area is 107 Å². The van der Waals surface area contributed by atoms with Crippen LogP contribution in [0.2, 0.25) is 0 Å². The van der Waals surface area contributed by atoms with Crippen molar-refractivity contribution in [1.29, 1.82) is 0 Å². The van der Waals surface area contributed by atoms with Gasteiger partial charge in [-0.05, 0) is 13.8 Å². The van der Waals surface area contributed by atoms with Gasteiger partial charge in [0.25, 0.3) is 0 Å². The smallest absolute Gasteiger partial charge is 0.308 e. The molecule has 0 spiro atoms. The van der Waals surface area contributed by atoms with Crippen molar-refractivity contribution in [3.63, 3.8) is 0 Å². The number of ether oxygens (including phenoxy) is 4. The fraction of sp³-hybridized carbons (Fsp3) is 0.833. The maximum Gasteiger partial charge on any atom is 0.308 e. The Kier molecular flexibility index (Phi) is 6.67. The highest BCUT2D eigenvalue weighted by atomic mass is 16.7. The Bertz CT molecular complexity index is 250. The van der Waals surface area contributed by atoms with Crippen molar-refractivity contribution >= 4 is 11.9 Å². The van der Waals surface area contributed by atoms with E-state index in [1.165, 1.54) is 0 Å². The molecule has 2 unspecified atom stereocenters. The molecule has 0 radical (unpaired) electrons. The highest BCUT2D eigenvalue weighted by Crippen LogP contribution is 2.14. The average molecular weight is 260 g/mol. The molecule has 104 valence electrons. The second kappa shape index (κ2) is 8.05. The molecule has 2 saturated heterocycles. The van der Waals surface area contributed by atoms with E-state index in [1.54, 1.807) is 0 Å². The lowest BCUT2D eigenvalue weighted by Crippen LogP contribution is -2.10. The Morgan fingerprint density at radius 1 is 0.944 bits per heavy atom. The molecule has 2 rings (SSSR count). The lowest BCUT2D eigenvalue weighted by molar-refractivity contribution is -0.162. The van der Waals surface area contributed by atoms with Gasteiger partial charge in [0.05, 0.1) is 12.8 Å². The minimum atomic E-state index is -0.262. The van der Waals surface area contributed by atoms with E-state index in [-0.39, 0.29) is 24.5 Å². The van der Waals surface area contributed by atoms with Crippen molar-refractivity contribution in [1.82, 2.24) is 0 Å². The largest absolute Gasteiger partial charge is 0.436 e. The molecule has 2 aliphatic heterocycles. The van der Waals surface area contributed by atoms with Crippen LogP contribution in [0.3, 0.4) is 0 Å². The van der Waals surface area contributed by atoms with Gasteiger partial charge >= 0.3 is 11.9 Å². The van der Waals surface area contributed by atoms with Crippen LogP contribution in [-0.4, -0.2) is 37.7 Å². The van der Waals surface area contributed by atoms with Crippen LogP contribution in [0.1, 0.15) is 39.5 Å². The van der Waals surface area contributed by atoms with Crippen LogP contribution >= 0.6 is 0 Å². The van der Waals surface area contributed by atoms with E-state index in [4.69, 9.17) is 18.9 Å². The summed E-state index contributed by atoms with van der Waals surface area (Å²) < 4.78 is 19.5. The van der Waals surface area contributed by atoms with E-state index >= 15 is 0 Å². The molecule has 2 heterocycles. The Balaban J connectivity index is 0.000000180. The van der Waals surface area contributed by atoms with Crippen molar-refractivity contribution in [2.45, 2.75) is 52.1 Å². The van der Waals surface area contributed by atoms with Crippen LogP contribution in [0.4, 0.5) is 0 Å². The monoisotopic (exact) mass is 260 g/mol. The van der Waals surface area contributed by atoms with Gasteiger partial charge in [-0.1, -0.05) is 0 Å². The number of carbonyl (C=O) groups excluding carboxylic acids is 2. The van der Waals surface area contributed by atoms with Crippen LogP contribution in [-0.2, 0) is 28.5 Å². The molecule has 0 aromatic heterocycles. The first-order valence-corrected chi connectivity index (χ1v) is 6.27. The SMILES string of the molecule is CCOC1CCC(=O)O1.CCOC1CCC(=O)O1. The topological polar surface area (TPSA) is 71.1 Å². The molecule has 2 fully saturated rings. The maximum atomic E-state index is 10.4. The maximum absolute atomic E-state index is 10.4. The molecule has 0 amide bonds. The predicted octanol–water partition coefficient (Wildman–Crippen LogP) is 1.37. The van der Waals surface area contributed by atoms with E-state index in [1.807, 2.05) is 13.8 Å². The molecule has 6 nitrogen and oxygen atoms in total. The van der Waals surface area contributed by atoms with E-state index in [0.717, 1.165) is 0 Å². The van der Waals surface area contributed by atoms with Gasteiger partial charge in [-0.3, -0.25) is 9.59 Å². The van der Waals surface area contributed by atoms with Gasteiger partial charge < -0.3 is 18.9 Å². The molecule has 0 aliphatic carbocycles. The molecule has 0 saturated carbocycles. The molecule has 0 N–H and O–H groups in total. The van der Waals surface area contributed by atoms with Gasteiger partial charge in [0.15, 0.2) is 0 Å². The minimum absolute atomic E-state index is 0.145. The van der Waals surface area contributed by atoms with Crippen LogP contribution in [0.25, 0.3) is 0 Å². The van der Waals surface area contributed by atoms with Gasteiger partial charge in [-0.2, -0.15) is 0 Å². The number of hydrogen-bond acceptors (Lipinski definition) is 6. The Morgan fingerprint density at radius 3 is 1.56 bits per heavy atom. The first-order valence-electron chi connectivity index (χ1n) is 6.27. The number of carbonyl (C=O) groups is 2. The van der Waals surface area contributed by atoms with Crippen molar-refractivity contribution in [3.05, 3.63) is 0 Å². The summed E-state index contributed by atoms with van der Waals surface area (Å²) >= 11 is 0. The molecular weight excluding hydrogens is 240 g/mol. The van der Waals surface area contributed by atoms with Gasteiger partial charge in [0, 0.05) is 26.1 Å². The summed E-state index contributed by atoms with van der Waals surface area (Å²) in [5.41, 5.74) is 0. The lowest BCUT2D eigenvalue weighted by Gasteiger charge is -2.06. The van der Waals surface area contributed by atoms with Crippen LogP contribution in [0.15, 0.2) is 0 Å². The number of esters is 2. The zero-order chi connectivity index (χ0) is 13.4. The Morgan fingerprint density at radius 2 is 1.33 bits per heavy atom. The van der Waals surface area contributed by atoms with Gasteiger partial charge in [0.1, 0.15) is 0 Å².